The Morgan fingerprint density at radius 2 is 1.71 bits per heavy atom. The van der Waals surface area contributed by atoms with Crippen molar-refractivity contribution in [1.29, 1.82) is 0 Å². The highest BCUT2D eigenvalue weighted by atomic mass is 32.2. The predicted molar refractivity (Wildman–Crippen MR) is 154 cm³/mol. The molecule has 1 atom stereocenters. The third kappa shape index (κ3) is 8.21. The van der Waals surface area contributed by atoms with Crippen molar-refractivity contribution >= 4 is 38.9 Å². The summed E-state index contributed by atoms with van der Waals surface area (Å²) < 4.78 is 29.2. The van der Waals surface area contributed by atoms with Crippen LogP contribution >= 0.6 is 0 Å². The standard InChI is InChI=1S/C29H41N3O5S/c1-6-22(18-28(33)37-5)23-9-12-27(32(19-20(2)3)25-13-15-38(35,36)16-14-25)26(17-23)31-29(34)30-24-10-7-21(4)8-11-24/h7-12,17,20,22,25H,6,13-16,18-19H2,1-5H3,(H2,30,31,34)/t22-/m1/s1. The maximum atomic E-state index is 13.1. The van der Waals surface area contributed by atoms with E-state index in [0.717, 1.165) is 29.8 Å². The molecule has 208 valence electrons. The second-order valence-electron chi connectivity index (χ2n) is 10.5. The van der Waals surface area contributed by atoms with Crippen LogP contribution in [-0.2, 0) is 19.4 Å². The minimum Gasteiger partial charge on any atom is -0.469 e. The van der Waals surface area contributed by atoms with E-state index in [9.17, 15) is 18.0 Å². The highest BCUT2D eigenvalue weighted by Gasteiger charge is 2.30. The van der Waals surface area contributed by atoms with E-state index >= 15 is 0 Å². The van der Waals surface area contributed by atoms with Crippen molar-refractivity contribution in [2.45, 2.75) is 65.3 Å². The number of urea groups is 1. The minimum absolute atomic E-state index is 0.0459. The molecule has 2 N–H and O–H groups in total. The summed E-state index contributed by atoms with van der Waals surface area (Å²) in [4.78, 5) is 27.4. The van der Waals surface area contributed by atoms with Crippen LogP contribution in [0, 0.1) is 12.8 Å². The Morgan fingerprint density at radius 3 is 2.29 bits per heavy atom. The molecule has 3 rings (SSSR count). The van der Waals surface area contributed by atoms with E-state index in [1.54, 1.807) is 0 Å². The third-order valence-electron chi connectivity index (χ3n) is 7.02. The molecule has 2 amide bonds. The average molecular weight is 544 g/mol. The Bertz CT molecular complexity index is 1200. The molecule has 0 unspecified atom stereocenters. The van der Waals surface area contributed by atoms with Crippen LogP contribution in [0.1, 0.15) is 63.5 Å². The van der Waals surface area contributed by atoms with E-state index in [-0.39, 0.29) is 41.9 Å². The number of hydrogen-bond donors (Lipinski definition) is 2. The van der Waals surface area contributed by atoms with E-state index in [0.29, 0.717) is 30.1 Å². The highest BCUT2D eigenvalue weighted by Crippen LogP contribution is 2.36. The average Bonchev–Trinajstić information content (AvgIpc) is 2.87. The number of amides is 2. The molecule has 0 saturated carbocycles. The van der Waals surface area contributed by atoms with Gasteiger partial charge < -0.3 is 20.3 Å². The zero-order chi connectivity index (χ0) is 27.9. The SMILES string of the molecule is CC[C@H](CC(=O)OC)c1ccc(N(CC(C)C)C2CCS(=O)(=O)CC2)c(NC(=O)Nc2ccc(C)cc2)c1. The molecule has 1 aliphatic heterocycles. The van der Waals surface area contributed by atoms with Crippen LogP contribution in [0.25, 0.3) is 0 Å². The number of carbonyl (C=O) groups is 2. The molecule has 0 spiro atoms. The molecule has 0 aromatic heterocycles. The van der Waals surface area contributed by atoms with Crippen LogP contribution in [0.3, 0.4) is 0 Å². The number of nitrogens with one attached hydrogen (secondary N) is 2. The number of anilines is 3. The summed E-state index contributed by atoms with van der Waals surface area (Å²) in [5, 5.41) is 5.94. The molecule has 1 heterocycles. The van der Waals surface area contributed by atoms with Gasteiger partial charge in [0.05, 0.1) is 36.4 Å². The number of carbonyl (C=O) groups excluding carboxylic acids is 2. The molecule has 8 nitrogen and oxygen atoms in total. The molecule has 0 radical (unpaired) electrons. The number of methoxy groups -OCH3 is 1. The Kier molecular flexibility index (Phi) is 10.2. The fraction of sp³-hybridized carbons (Fsp3) is 0.517. The first kappa shape index (κ1) is 29.5. The largest absolute Gasteiger partial charge is 0.469 e. The van der Waals surface area contributed by atoms with Crippen LogP contribution in [0.2, 0.25) is 0 Å². The molecule has 9 heteroatoms. The summed E-state index contributed by atoms with van der Waals surface area (Å²) in [6, 6.07) is 13.2. The monoisotopic (exact) mass is 543 g/mol. The van der Waals surface area contributed by atoms with Gasteiger partial charge in [0.25, 0.3) is 0 Å². The Labute approximate surface area is 227 Å². The zero-order valence-corrected chi connectivity index (χ0v) is 23.9. The van der Waals surface area contributed by atoms with E-state index in [1.165, 1.54) is 7.11 Å². The van der Waals surface area contributed by atoms with Crippen LogP contribution in [-0.4, -0.2) is 51.6 Å². The summed E-state index contributed by atoms with van der Waals surface area (Å²) >= 11 is 0. The van der Waals surface area contributed by atoms with Gasteiger partial charge in [-0.15, -0.1) is 0 Å². The van der Waals surface area contributed by atoms with Gasteiger partial charge in [-0.2, -0.15) is 0 Å². The fourth-order valence-corrected chi connectivity index (χ4v) is 6.36. The first-order valence-corrected chi connectivity index (χ1v) is 15.2. The smallest absolute Gasteiger partial charge is 0.323 e. The molecule has 2 aromatic rings. The molecule has 0 aliphatic carbocycles. The first-order chi connectivity index (χ1) is 18.0. The van der Waals surface area contributed by atoms with Crippen molar-refractivity contribution in [3.63, 3.8) is 0 Å². The zero-order valence-electron chi connectivity index (χ0n) is 23.1. The number of hydrogen-bond acceptors (Lipinski definition) is 6. The Hall–Kier alpha value is -3.07. The van der Waals surface area contributed by atoms with E-state index in [4.69, 9.17) is 4.74 Å². The molecular weight excluding hydrogens is 502 g/mol. The summed E-state index contributed by atoms with van der Waals surface area (Å²) in [7, 11) is -1.63. The van der Waals surface area contributed by atoms with Gasteiger partial charge in [0.15, 0.2) is 0 Å². The lowest BCUT2D eigenvalue weighted by molar-refractivity contribution is -0.141. The normalized spacial score (nSPS) is 16.1. The molecule has 1 saturated heterocycles. The lowest BCUT2D eigenvalue weighted by Gasteiger charge is -2.38. The minimum atomic E-state index is -3.01. The van der Waals surface area contributed by atoms with Gasteiger partial charge in [-0.1, -0.05) is 44.5 Å². The first-order valence-electron chi connectivity index (χ1n) is 13.3. The van der Waals surface area contributed by atoms with Gasteiger partial charge in [0.2, 0.25) is 0 Å². The number of rotatable bonds is 10. The number of esters is 1. The second kappa shape index (κ2) is 13.1. The van der Waals surface area contributed by atoms with Gasteiger partial charge in [-0.25, -0.2) is 13.2 Å². The maximum Gasteiger partial charge on any atom is 0.323 e. The number of ether oxygens (including phenoxy) is 1. The van der Waals surface area contributed by atoms with Crippen molar-refractivity contribution in [2.75, 3.05) is 40.7 Å². The maximum absolute atomic E-state index is 13.1. The lowest BCUT2D eigenvalue weighted by Crippen LogP contribution is -2.43. The Morgan fingerprint density at radius 1 is 1.05 bits per heavy atom. The van der Waals surface area contributed by atoms with Gasteiger partial charge in [-0.05, 0) is 67.9 Å². The summed E-state index contributed by atoms with van der Waals surface area (Å²) in [5.41, 5.74) is 4.19. The van der Waals surface area contributed by atoms with Crippen molar-refractivity contribution in [2.24, 2.45) is 5.92 Å². The molecule has 38 heavy (non-hydrogen) atoms. The van der Waals surface area contributed by atoms with Crippen LogP contribution < -0.4 is 15.5 Å². The molecule has 1 fully saturated rings. The van der Waals surface area contributed by atoms with Crippen LogP contribution in [0.5, 0.6) is 0 Å². The number of nitrogens with zero attached hydrogens (tertiary/aromatic N) is 1. The summed E-state index contributed by atoms with van der Waals surface area (Å²) in [6.45, 7) is 8.98. The Balaban J connectivity index is 1.98. The van der Waals surface area contributed by atoms with Gasteiger partial charge in [0.1, 0.15) is 9.84 Å². The van der Waals surface area contributed by atoms with Crippen LogP contribution in [0.4, 0.5) is 21.9 Å². The number of benzene rings is 2. The van der Waals surface area contributed by atoms with Gasteiger partial charge in [-0.3, -0.25) is 4.79 Å². The van der Waals surface area contributed by atoms with Crippen molar-refractivity contribution in [3.05, 3.63) is 53.6 Å². The van der Waals surface area contributed by atoms with Gasteiger partial charge in [0, 0.05) is 18.3 Å². The molecule has 1 aliphatic rings. The topological polar surface area (TPSA) is 105 Å². The summed E-state index contributed by atoms with van der Waals surface area (Å²) in [5.74, 6) is 0.314. The predicted octanol–water partition coefficient (Wildman–Crippen LogP) is 5.74. The quantitative estimate of drug-likeness (QED) is 0.371. The molecule has 2 aromatic carbocycles. The second-order valence-corrected chi connectivity index (χ2v) is 12.8. The van der Waals surface area contributed by atoms with Gasteiger partial charge >= 0.3 is 12.0 Å². The molecular formula is C29H41N3O5S. The fourth-order valence-electron chi connectivity index (χ4n) is 4.89. The van der Waals surface area contributed by atoms with E-state index in [2.05, 4.69) is 29.4 Å². The third-order valence-corrected chi connectivity index (χ3v) is 8.73. The molecule has 0 bridgehead atoms. The van der Waals surface area contributed by atoms with E-state index in [1.807, 2.05) is 56.3 Å². The number of aryl methyl sites for hydroxylation is 1. The van der Waals surface area contributed by atoms with E-state index < -0.39 is 9.84 Å². The van der Waals surface area contributed by atoms with Crippen molar-refractivity contribution in [1.82, 2.24) is 0 Å². The number of sulfone groups is 1. The lowest BCUT2D eigenvalue weighted by atomic mass is 9.92. The van der Waals surface area contributed by atoms with Crippen molar-refractivity contribution < 1.29 is 22.7 Å². The summed E-state index contributed by atoms with van der Waals surface area (Å²) in [6.07, 6.45) is 2.08. The highest BCUT2D eigenvalue weighted by molar-refractivity contribution is 7.91. The van der Waals surface area contributed by atoms with Crippen LogP contribution in [0.15, 0.2) is 42.5 Å². The van der Waals surface area contributed by atoms with Crippen molar-refractivity contribution in [3.8, 4) is 0 Å².